The Labute approximate surface area is 107 Å². The number of hydrogen-bond acceptors (Lipinski definition) is 2. The van der Waals surface area contributed by atoms with Gasteiger partial charge in [-0.05, 0) is 31.5 Å². The molecule has 0 bridgehead atoms. The molecule has 1 N–H and O–H groups in total. The van der Waals surface area contributed by atoms with Crippen molar-refractivity contribution < 1.29 is 4.79 Å². The number of rotatable bonds is 3. The first-order valence-corrected chi connectivity index (χ1v) is 5.98. The molecule has 0 spiro atoms. The van der Waals surface area contributed by atoms with Crippen LogP contribution in [0.15, 0.2) is 36.7 Å². The van der Waals surface area contributed by atoms with Gasteiger partial charge in [0.1, 0.15) is 0 Å². The van der Waals surface area contributed by atoms with Crippen molar-refractivity contribution in [1.82, 2.24) is 9.78 Å². The molecule has 0 fully saturated rings. The smallest absolute Gasteiger partial charge is 0.221 e. The minimum absolute atomic E-state index is 0.0648. The molecule has 1 aromatic heterocycles. The van der Waals surface area contributed by atoms with E-state index in [1.54, 1.807) is 0 Å². The zero-order valence-corrected chi connectivity index (χ0v) is 10.8. The predicted molar refractivity (Wildman–Crippen MR) is 72.4 cm³/mol. The number of nitrogens with one attached hydrogen (secondary N) is 1. The van der Waals surface area contributed by atoms with Crippen LogP contribution in [-0.2, 0) is 4.79 Å². The fourth-order valence-corrected chi connectivity index (χ4v) is 1.75. The first-order valence-electron chi connectivity index (χ1n) is 5.98. The summed E-state index contributed by atoms with van der Waals surface area (Å²) in [7, 11) is 0. The van der Waals surface area contributed by atoms with Gasteiger partial charge in [-0.25, -0.2) is 0 Å². The maximum absolute atomic E-state index is 11.0. The highest BCUT2D eigenvalue weighted by molar-refractivity contribution is 5.89. The second kappa shape index (κ2) is 5.04. The van der Waals surface area contributed by atoms with Gasteiger partial charge >= 0.3 is 0 Å². The standard InChI is InChI=1S/C14H17N3O/c1-10(2)17-9-13(8-15-17)12-5-4-6-14(7-12)16-11(3)18/h4-10H,1-3H3,(H,16,18). The molecule has 1 amide bonds. The van der Waals surface area contributed by atoms with E-state index < -0.39 is 0 Å². The molecule has 94 valence electrons. The minimum atomic E-state index is -0.0648. The van der Waals surface area contributed by atoms with Gasteiger partial charge in [-0.1, -0.05) is 12.1 Å². The number of anilines is 1. The Morgan fingerprint density at radius 2 is 2.11 bits per heavy atom. The largest absolute Gasteiger partial charge is 0.326 e. The van der Waals surface area contributed by atoms with E-state index in [2.05, 4.69) is 24.3 Å². The number of aromatic nitrogens is 2. The Balaban J connectivity index is 2.29. The van der Waals surface area contributed by atoms with Crippen molar-refractivity contribution in [3.63, 3.8) is 0 Å². The monoisotopic (exact) mass is 243 g/mol. The van der Waals surface area contributed by atoms with Gasteiger partial charge in [-0.3, -0.25) is 9.48 Å². The second-order valence-electron chi connectivity index (χ2n) is 4.56. The topological polar surface area (TPSA) is 46.9 Å². The van der Waals surface area contributed by atoms with E-state index >= 15 is 0 Å². The van der Waals surface area contributed by atoms with E-state index in [1.165, 1.54) is 6.92 Å². The summed E-state index contributed by atoms with van der Waals surface area (Å²) in [6.07, 6.45) is 3.85. The third-order valence-corrected chi connectivity index (χ3v) is 2.65. The number of nitrogens with zero attached hydrogens (tertiary/aromatic N) is 2. The summed E-state index contributed by atoms with van der Waals surface area (Å²) in [6.45, 7) is 5.68. The van der Waals surface area contributed by atoms with E-state index in [1.807, 2.05) is 41.3 Å². The molecule has 1 aromatic carbocycles. The van der Waals surface area contributed by atoms with E-state index in [4.69, 9.17) is 0 Å². The average molecular weight is 243 g/mol. The summed E-state index contributed by atoms with van der Waals surface area (Å²) in [4.78, 5) is 11.0. The van der Waals surface area contributed by atoms with E-state index in [9.17, 15) is 4.79 Å². The maximum atomic E-state index is 11.0. The van der Waals surface area contributed by atoms with Gasteiger partial charge in [0.05, 0.1) is 6.20 Å². The average Bonchev–Trinajstić information content (AvgIpc) is 2.77. The van der Waals surface area contributed by atoms with Crippen molar-refractivity contribution in [3.05, 3.63) is 36.7 Å². The van der Waals surface area contributed by atoms with E-state index in [0.717, 1.165) is 16.8 Å². The Morgan fingerprint density at radius 3 is 2.72 bits per heavy atom. The van der Waals surface area contributed by atoms with Crippen LogP contribution >= 0.6 is 0 Å². The summed E-state index contributed by atoms with van der Waals surface area (Å²) < 4.78 is 1.92. The van der Waals surface area contributed by atoms with Gasteiger partial charge < -0.3 is 5.32 Å². The number of amides is 1. The number of hydrogen-bond donors (Lipinski definition) is 1. The van der Waals surface area contributed by atoms with Gasteiger partial charge in [-0.2, -0.15) is 5.10 Å². The third kappa shape index (κ3) is 2.77. The fraction of sp³-hybridized carbons (Fsp3) is 0.286. The minimum Gasteiger partial charge on any atom is -0.326 e. The molecule has 0 aliphatic carbocycles. The first kappa shape index (κ1) is 12.4. The molecule has 2 rings (SSSR count). The van der Waals surface area contributed by atoms with Crippen LogP contribution in [0.2, 0.25) is 0 Å². The molecule has 0 unspecified atom stereocenters. The van der Waals surface area contributed by atoms with Gasteiger partial charge in [0.15, 0.2) is 0 Å². The zero-order chi connectivity index (χ0) is 13.1. The highest BCUT2D eigenvalue weighted by Gasteiger charge is 2.05. The Bertz CT molecular complexity index is 558. The van der Waals surface area contributed by atoms with Gasteiger partial charge in [0.25, 0.3) is 0 Å². The molecule has 0 atom stereocenters. The molecule has 4 heteroatoms. The van der Waals surface area contributed by atoms with Crippen LogP contribution in [0.5, 0.6) is 0 Å². The summed E-state index contributed by atoms with van der Waals surface area (Å²) >= 11 is 0. The van der Waals surface area contributed by atoms with Crippen LogP contribution in [0.4, 0.5) is 5.69 Å². The van der Waals surface area contributed by atoms with Crippen LogP contribution in [0, 0.1) is 0 Å². The van der Waals surface area contributed by atoms with Crippen molar-refractivity contribution >= 4 is 11.6 Å². The summed E-state index contributed by atoms with van der Waals surface area (Å²) in [5.74, 6) is -0.0648. The molecule has 0 saturated carbocycles. The van der Waals surface area contributed by atoms with Gasteiger partial charge in [-0.15, -0.1) is 0 Å². The molecule has 0 aliphatic rings. The van der Waals surface area contributed by atoms with Crippen LogP contribution in [0.3, 0.4) is 0 Å². The molecule has 0 radical (unpaired) electrons. The molecular formula is C14H17N3O. The van der Waals surface area contributed by atoms with Crippen molar-refractivity contribution in [2.24, 2.45) is 0 Å². The molecule has 1 heterocycles. The quantitative estimate of drug-likeness (QED) is 0.900. The molecule has 4 nitrogen and oxygen atoms in total. The van der Waals surface area contributed by atoms with Crippen molar-refractivity contribution in [2.75, 3.05) is 5.32 Å². The van der Waals surface area contributed by atoms with Crippen LogP contribution in [0.25, 0.3) is 11.1 Å². The third-order valence-electron chi connectivity index (χ3n) is 2.65. The highest BCUT2D eigenvalue weighted by atomic mass is 16.1. The summed E-state index contributed by atoms with van der Waals surface area (Å²) in [5.41, 5.74) is 2.90. The lowest BCUT2D eigenvalue weighted by atomic mass is 10.1. The fourth-order valence-electron chi connectivity index (χ4n) is 1.75. The first-order chi connectivity index (χ1) is 8.56. The Morgan fingerprint density at radius 1 is 1.33 bits per heavy atom. The summed E-state index contributed by atoms with van der Waals surface area (Å²) in [5, 5.41) is 7.09. The molecule has 18 heavy (non-hydrogen) atoms. The highest BCUT2D eigenvalue weighted by Crippen LogP contribution is 2.23. The SMILES string of the molecule is CC(=O)Nc1cccc(-c2cnn(C(C)C)c2)c1. The van der Waals surface area contributed by atoms with Gasteiger partial charge in [0, 0.05) is 30.4 Å². The second-order valence-corrected chi connectivity index (χ2v) is 4.56. The predicted octanol–water partition coefficient (Wildman–Crippen LogP) is 3.09. The van der Waals surface area contributed by atoms with Crippen LogP contribution in [-0.4, -0.2) is 15.7 Å². The lowest BCUT2D eigenvalue weighted by molar-refractivity contribution is -0.114. The zero-order valence-electron chi connectivity index (χ0n) is 10.8. The number of carbonyl (C=O) groups is 1. The van der Waals surface area contributed by atoms with Gasteiger partial charge in [0.2, 0.25) is 5.91 Å². The van der Waals surface area contributed by atoms with Crippen LogP contribution < -0.4 is 5.32 Å². The number of benzene rings is 1. The lowest BCUT2D eigenvalue weighted by Gasteiger charge is -2.05. The molecule has 0 saturated heterocycles. The maximum Gasteiger partial charge on any atom is 0.221 e. The summed E-state index contributed by atoms with van der Waals surface area (Å²) in [6, 6.07) is 8.10. The Hall–Kier alpha value is -2.10. The molecule has 2 aromatic rings. The van der Waals surface area contributed by atoms with Crippen molar-refractivity contribution in [1.29, 1.82) is 0 Å². The molecule has 0 aliphatic heterocycles. The van der Waals surface area contributed by atoms with E-state index in [-0.39, 0.29) is 5.91 Å². The van der Waals surface area contributed by atoms with Crippen molar-refractivity contribution in [2.45, 2.75) is 26.8 Å². The lowest BCUT2D eigenvalue weighted by Crippen LogP contribution is -2.05. The Kier molecular flexibility index (Phi) is 3.46. The van der Waals surface area contributed by atoms with Crippen molar-refractivity contribution in [3.8, 4) is 11.1 Å². The molecular weight excluding hydrogens is 226 g/mol. The number of carbonyl (C=O) groups excluding carboxylic acids is 1. The normalized spacial score (nSPS) is 10.7. The van der Waals surface area contributed by atoms with Crippen LogP contribution in [0.1, 0.15) is 26.8 Å². The van der Waals surface area contributed by atoms with E-state index in [0.29, 0.717) is 6.04 Å².